The lowest BCUT2D eigenvalue weighted by molar-refractivity contribution is 0.0730. The molecule has 1 aliphatic carbocycles. The van der Waals surface area contributed by atoms with Crippen molar-refractivity contribution in [2.75, 3.05) is 12.4 Å². The summed E-state index contributed by atoms with van der Waals surface area (Å²) in [5.74, 6) is 1.67. The number of carbonyl (C=O) groups is 1. The molecule has 1 amide bonds. The molecule has 6 rings (SSSR count). The van der Waals surface area contributed by atoms with E-state index in [4.69, 9.17) is 10.1 Å². The van der Waals surface area contributed by atoms with E-state index >= 15 is 0 Å². The minimum absolute atomic E-state index is 0.0469. The molecule has 1 fully saturated rings. The van der Waals surface area contributed by atoms with Gasteiger partial charge >= 0.3 is 0 Å². The molecule has 2 aromatic carbocycles. The molecule has 2 N–H and O–H groups in total. The Bertz CT molecular complexity index is 1840. The predicted molar refractivity (Wildman–Crippen MR) is 173 cm³/mol. The summed E-state index contributed by atoms with van der Waals surface area (Å²) in [4.78, 5) is 25.0. The number of hydrogen-bond donors (Lipinski definition) is 2. The van der Waals surface area contributed by atoms with Crippen LogP contribution in [-0.2, 0) is 19.2 Å². The number of rotatable bonds is 8. The molecule has 1 saturated carbocycles. The first-order valence-electron chi connectivity index (χ1n) is 15.3. The zero-order chi connectivity index (χ0) is 31.2. The Morgan fingerprint density at radius 1 is 1.09 bits per heavy atom. The number of aryl methyl sites for hydroxylation is 3. The van der Waals surface area contributed by atoms with E-state index in [2.05, 4.69) is 28.5 Å². The lowest BCUT2D eigenvalue weighted by atomic mass is 9.98. The number of nitrogens with one attached hydrogen (secondary N) is 1. The quantitative estimate of drug-likeness (QED) is 0.221. The van der Waals surface area contributed by atoms with Crippen molar-refractivity contribution in [1.29, 1.82) is 0 Å². The first-order valence-corrected chi connectivity index (χ1v) is 15.3. The molecule has 3 aromatic heterocycles. The molecule has 5 aromatic rings. The molecule has 0 unspecified atom stereocenters. The van der Waals surface area contributed by atoms with Crippen LogP contribution in [0.5, 0.6) is 0 Å². The van der Waals surface area contributed by atoms with Crippen molar-refractivity contribution >= 4 is 17.4 Å². The van der Waals surface area contributed by atoms with Crippen molar-refractivity contribution < 1.29 is 9.90 Å². The summed E-state index contributed by atoms with van der Waals surface area (Å²) >= 11 is 0. The average molecular weight is 592 g/mol. The van der Waals surface area contributed by atoms with Gasteiger partial charge in [-0.1, -0.05) is 43.2 Å². The van der Waals surface area contributed by atoms with Gasteiger partial charge in [-0.05, 0) is 69.4 Å². The third kappa shape index (κ3) is 5.59. The summed E-state index contributed by atoms with van der Waals surface area (Å²) < 4.78 is 3.80. The van der Waals surface area contributed by atoms with Crippen molar-refractivity contribution in [3.05, 3.63) is 89.0 Å². The molecule has 0 aliphatic heterocycles. The standard InChI is InChI=1S/C35H41N7O2/c1-22-14-15-25(19-28(22)34(43)41(6)27-12-7-8-13-27)31-23(2)39-42-30(20-29(35(3,4)44)38-33(31)42)37-21-24-10-9-11-26(18-24)32-36-16-17-40(32)5/h9-11,14-20,27,37,44H,7-8,12-13,21H2,1-6H3. The number of amides is 1. The van der Waals surface area contributed by atoms with Gasteiger partial charge in [-0.25, -0.2) is 9.97 Å². The third-order valence-electron chi connectivity index (χ3n) is 8.82. The highest BCUT2D eigenvalue weighted by atomic mass is 16.3. The summed E-state index contributed by atoms with van der Waals surface area (Å²) in [6.07, 6.45) is 8.19. The molecule has 9 nitrogen and oxygen atoms in total. The number of anilines is 1. The normalized spacial score (nSPS) is 14.0. The van der Waals surface area contributed by atoms with Crippen molar-refractivity contribution in [2.45, 2.75) is 71.6 Å². The molecule has 1 aliphatic rings. The topological polar surface area (TPSA) is 101 Å². The number of aliphatic hydroxyl groups is 1. The number of hydrogen-bond acceptors (Lipinski definition) is 6. The highest BCUT2D eigenvalue weighted by molar-refractivity contribution is 5.97. The van der Waals surface area contributed by atoms with Gasteiger partial charge in [0.25, 0.3) is 5.91 Å². The van der Waals surface area contributed by atoms with E-state index in [-0.39, 0.29) is 5.91 Å². The Kier molecular flexibility index (Phi) is 7.75. The van der Waals surface area contributed by atoms with Crippen LogP contribution in [0.4, 0.5) is 5.82 Å². The van der Waals surface area contributed by atoms with Crippen molar-refractivity contribution in [3.63, 3.8) is 0 Å². The Labute approximate surface area is 258 Å². The monoisotopic (exact) mass is 591 g/mol. The van der Waals surface area contributed by atoms with Crippen LogP contribution in [0.1, 0.15) is 72.4 Å². The fourth-order valence-electron chi connectivity index (χ4n) is 6.21. The Hall–Kier alpha value is -4.50. The fourth-order valence-corrected chi connectivity index (χ4v) is 6.21. The van der Waals surface area contributed by atoms with Crippen LogP contribution in [-0.4, -0.2) is 53.2 Å². The molecule has 44 heavy (non-hydrogen) atoms. The summed E-state index contributed by atoms with van der Waals surface area (Å²) in [7, 11) is 3.91. The average Bonchev–Trinajstić information content (AvgIpc) is 3.75. The molecule has 0 spiro atoms. The van der Waals surface area contributed by atoms with Crippen LogP contribution in [0.3, 0.4) is 0 Å². The van der Waals surface area contributed by atoms with Crippen LogP contribution in [0, 0.1) is 13.8 Å². The van der Waals surface area contributed by atoms with E-state index in [0.717, 1.165) is 52.2 Å². The second kappa shape index (κ2) is 11.5. The number of nitrogens with zero attached hydrogens (tertiary/aromatic N) is 6. The summed E-state index contributed by atoms with van der Waals surface area (Å²) in [6, 6.07) is 16.4. The van der Waals surface area contributed by atoms with Gasteiger partial charge in [0.15, 0.2) is 5.65 Å². The predicted octanol–water partition coefficient (Wildman–Crippen LogP) is 6.27. The molecule has 0 bridgehead atoms. The number of fused-ring (bicyclic) bond motifs is 1. The van der Waals surface area contributed by atoms with Gasteiger partial charge < -0.3 is 19.9 Å². The van der Waals surface area contributed by atoms with Crippen LogP contribution in [0.15, 0.2) is 60.9 Å². The van der Waals surface area contributed by atoms with Crippen LogP contribution >= 0.6 is 0 Å². The van der Waals surface area contributed by atoms with Gasteiger partial charge in [-0.2, -0.15) is 9.61 Å². The van der Waals surface area contributed by atoms with E-state index < -0.39 is 5.60 Å². The largest absolute Gasteiger partial charge is 0.384 e. The summed E-state index contributed by atoms with van der Waals surface area (Å²) in [5.41, 5.74) is 6.23. The molecule has 228 valence electrons. The van der Waals surface area contributed by atoms with Gasteiger partial charge in [-0.3, -0.25) is 4.79 Å². The molecule has 3 heterocycles. The van der Waals surface area contributed by atoms with Gasteiger partial charge in [0.05, 0.1) is 11.4 Å². The van der Waals surface area contributed by atoms with Gasteiger partial charge in [0.2, 0.25) is 0 Å². The molecule has 0 radical (unpaired) electrons. The lowest BCUT2D eigenvalue weighted by Crippen LogP contribution is -2.35. The van der Waals surface area contributed by atoms with E-state index in [1.807, 2.05) is 73.9 Å². The van der Waals surface area contributed by atoms with Crippen LogP contribution in [0.25, 0.3) is 28.2 Å². The van der Waals surface area contributed by atoms with E-state index in [1.54, 1.807) is 24.6 Å². The van der Waals surface area contributed by atoms with E-state index in [1.165, 1.54) is 12.8 Å². The zero-order valence-corrected chi connectivity index (χ0v) is 26.4. The molecule has 9 heteroatoms. The zero-order valence-electron chi connectivity index (χ0n) is 26.4. The summed E-state index contributed by atoms with van der Waals surface area (Å²) in [6.45, 7) is 7.94. The van der Waals surface area contributed by atoms with Gasteiger partial charge in [0.1, 0.15) is 17.2 Å². The Balaban J connectivity index is 1.38. The molecular formula is C35H41N7O2. The fraction of sp³-hybridized carbons (Fsp3) is 0.371. The number of benzene rings is 2. The number of imidazole rings is 1. The maximum Gasteiger partial charge on any atom is 0.254 e. The minimum atomic E-state index is -1.18. The first-order chi connectivity index (χ1) is 21.0. The Morgan fingerprint density at radius 3 is 2.57 bits per heavy atom. The second-order valence-corrected chi connectivity index (χ2v) is 12.6. The first kappa shape index (κ1) is 29.6. The number of aromatic nitrogens is 5. The SMILES string of the molecule is Cc1ccc(-c2c(C)nn3c(NCc4cccc(-c5nccn5C)c4)cc(C(C)(C)O)nc23)cc1C(=O)N(C)C1CCCC1. The van der Waals surface area contributed by atoms with Crippen LogP contribution in [0.2, 0.25) is 0 Å². The lowest BCUT2D eigenvalue weighted by Gasteiger charge is -2.25. The smallest absolute Gasteiger partial charge is 0.254 e. The highest BCUT2D eigenvalue weighted by Crippen LogP contribution is 2.33. The second-order valence-electron chi connectivity index (χ2n) is 12.6. The van der Waals surface area contributed by atoms with Crippen molar-refractivity contribution in [1.82, 2.24) is 29.0 Å². The highest BCUT2D eigenvalue weighted by Gasteiger charge is 2.27. The van der Waals surface area contributed by atoms with Crippen molar-refractivity contribution in [3.8, 4) is 22.5 Å². The van der Waals surface area contributed by atoms with Crippen molar-refractivity contribution in [2.24, 2.45) is 7.05 Å². The van der Waals surface area contributed by atoms with Gasteiger partial charge in [-0.15, -0.1) is 0 Å². The maximum absolute atomic E-state index is 13.6. The van der Waals surface area contributed by atoms with Crippen LogP contribution < -0.4 is 5.32 Å². The molecule has 0 saturated heterocycles. The maximum atomic E-state index is 13.6. The molecule has 0 atom stereocenters. The van der Waals surface area contributed by atoms with Gasteiger partial charge in [0, 0.05) is 61.8 Å². The van der Waals surface area contributed by atoms with E-state index in [0.29, 0.717) is 35.3 Å². The summed E-state index contributed by atoms with van der Waals surface area (Å²) in [5, 5.41) is 19.5. The number of carbonyl (C=O) groups excluding carboxylic acids is 1. The third-order valence-corrected chi connectivity index (χ3v) is 8.82. The minimum Gasteiger partial charge on any atom is -0.384 e. The Morgan fingerprint density at radius 2 is 1.86 bits per heavy atom. The molecular weight excluding hydrogens is 550 g/mol. The van der Waals surface area contributed by atoms with E-state index in [9.17, 15) is 9.90 Å².